The zero-order valence-corrected chi connectivity index (χ0v) is 15.8. The van der Waals surface area contributed by atoms with E-state index in [1.807, 2.05) is 31.5 Å². The van der Waals surface area contributed by atoms with Gasteiger partial charge in [0.2, 0.25) is 0 Å². The first-order valence-corrected chi connectivity index (χ1v) is 9.62. The summed E-state index contributed by atoms with van der Waals surface area (Å²) in [6, 6.07) is 4.50. The Balaban J connectivity index is 1.19. The Morgan fingerprint density at radius 3 is 2.59 bits per heavy atom. The quantitative estimate of drug-likeness (QED) is 0.683. The first-order valence-electron chi connectivity index (χ1n) is 9.62. The Kier molecular flexibility index (Phi) is 4.00. The fourth-order valence-electron chi connectivity index (χ4n) is 3.72. The summed E-state index contributed by atoms with van der Waals surface area (Å²) in [6.07, 6.45) is 7.79. The maximum Gasteiger partial charge on any atom is 0.178 e. The summed E-state index contributed by atoms with van der Waals surface area (Å²) in [4.78, 5) is 13.8. The number of aromatic nitrogens is 6. The van der Waals surface area contributed by atoms with Crippen molar-refractivity contribution in [2.45, 2.75) is 44.7 Å². The third kappa shape index (κ3) is 3.03. The molecule has 1 saturated carbocycles. The molecule has 27 heavy (non-hydrogen) atoms. The molecule has 0 N–H and O–H groups in total. The molecule has 0 amide bonds. The Morgan fingerprint density at radius 2 is 1.89 bits per heavy atom. The zero-order valence-electron chi connectivity index (χ0n) is 15.8. The summed E-state index contributed by atoms with van der Waals surface area (Å²) in [5, 5.41) is 12.8. The standard InChI is InChI=1S/C19H24N8/c1-13-22-23-17-6-7-18(24-27(13)17)26-11-16(12-26)25(2)10-14-8-20-19(21-9-14)15-4-3-5-15/h6-9,15-16H,3-5,10-12H2,1-2H3. The molecule has 5 rings (SSSR count). The Morgan fingerprint density at radius 1 is 1.11 bits per heavy atom. The molecule has 1 aliphatic heterocycles. The topological polar surface area (TPSA) is 75.3 Å². The summed E-state index contributed by atoms with van der Waals surface area (Å²) in [6.45, 7) is 4.73. The summed E-state index contributed by atoms with van der Waals surface area (Å²) >= 11 is 0. The van der Waals surface area contributed by atoms with Gasteiger partial charge in [0.1, 0.15) is 11.6 Å². The van der Waals surface area contributed by atoms with Crippen molar-refractivity contribution >= 4 is 11.5 Å². The highest BCUT2D eigenvalue weighted by Crippen LogP contribution is 2.34. The molecule has 1 saturated heterocycles. The van der Waals surface area contributed by atoms with E-state index in [-0.39, 0.29) is 0 Å². The van der Waals surface area contributed by atoms with Gasteiger partial charge in [-0.3, -0.25) is 4.90 Å². The van der Waals surface area contributed by atoms with Crippen molar-refractivity contribution in [2.75, 3.05) is 25.0 Å². The molecule has 2 fully saturated rings. The van der Waals surface area contributed by atoms with Gasteiger partial charge in [0.05, 0.1) is 0 Å². The van der Waals surface area contributed by atoms with E-state index in [0.29, 0.717) is 12.0 Å². The summed E-state index contributed by atoms with van der Waals surface area (Å²) in [5.74, 6) is 3.40. The van der Waals surface area contributed by atoms with Crippen molar-refractivity contribution in [3.63, 3.8) is 0 Å². The highest BCUT2D eigenvalue weighted by atomic mass is 15.4. The zero-order chi connectivity index (χ0) is 18.4. The molecule has 2 aliphatic rings. The molecular formula is C19H24N8. The van der Waals surface area contributed by atoms with Crippen LogP contribution in [-0.2, 0) is 6.54 Å². The van der Waals surface area contributed by atoms with Crippen molar-refractivity contribution in [2.24, 2.45) is 0 Å². The van der Waals surface area contributed by atoms with Gasteiger partial charge in [0, 0.05) is 49.6 Å². The van der Waals surface area contributed by atoms with Gasteiger partial charge in [-0.25, -0.2) is 9.97 Å². The second-order valence-electron chi connectivity index (χ2n) is 7.76. The van der Waals surface area contributed by atoms with Crippen LogP contribution in [0.1, 0.15) is 42.4 Å². The maximum atomic E-state index is 4.65. The van der Waals surface area contributed by atoms with Crippen LogP contribution in [0.25, 0.3) is 5.65 Å². The Labute approximate surface area is 158 Å². The molecule has 3 aromatic heterocycles. The number of hydrogen-bond donors (Lipinski definition) is 0. The van der Waals surface area contributed by atoms with E-state index < -0.39 is 0 Å². The van der Waals surface area contributed by atoms with Gasteiger partial charge in [0.25, 0.3) is 0 Å². The smallest absolute Gasteiger partial charge is 0.178 e. The minimum absolute atomic E-state index is 0.510. The van der Waals surface area contributed by atoms with Gasteiger partial charge in [0.15, 0.2) is 11.5 Å². The maximum absolute atomic E-state index is 4.65. The largest absolute Gasteiger partial charge is 0.352 e. The van der Waals surface area contributed by atoms with Crippen molar-refractivity contribution in [1.82, 2.24) is 34.7 Å². The average molecular weight is 364 g/mol. The fourth-order valence-corrected chi connectivity index (χ4v) is 3.72. The molecule has 4 heterocycles. The van der Waals surface area contributed by atoms with Gasteiger partial charge >= 0.3 is 0 Å². The van der Waals surface area contributed by atoms with Gasteiger partial charge in [-0.15, -0.1) is 15.3 Å². The molecule has 8 heteroatoms. The summed E-state index contributed by atoms with van der Waals surface area (Å²) in [5.41, 5.74) is 1.97. The lowest BCUT2D eigenvalue weighted by Gasteiger charge is -2.44. The number of hydrogen-bond acceptors (Lipinski definition) is 7. The van der Waals surface area contributed by atoms with E-state index in [1.54, 1.807) is 4.52 Å². The van der Waals surface area contributed by atoms with Crippen molar-refractivity contribution in [1.29, 1.82) is 0 Å². The van der Waals surface area contributed by atoms with Crippen LogP contribution < -0.4 is 4.90 Å². The van der Waals surface area contributed by atoms with Gasteiger partial charge in [-0.05, 0) is 38.9 Å². The lowest BCUT2D eigenvalue weighted by Crippen LogP contribution is -2.58. The molecular weight excluding hydrogens is 340 g/mol. The van der Waals surface area contributed by atoms with Crippen LogP contribution in [0.2, 0.25) is 0 Å². The Hall–Kier alpha value is -2.61. The predicted octanol–water partition coefficient (Wildman–Crippen LogP) is 1.81. The first kappa shape index (κ1) is 16.6. The molecule has 0 atom stereocenters. The number of aryl methyl sites for hydroxylation is 1. The molecule has 0 unspecified atom stereocenters. The molecule has 140 valence electrons. The van der Waals surface area contributed by atoms with Crippen LogP contribution in [0.3, 0.4) is 0 Å². The van der Waals surface area contributed by atoms with E-state index in [0.717, 1.165) is 42.7 Å². The molecule has 8 nitrogen and oxygen atoms in total. The minimum atomic E-state index is 0.510. The number of nitrogens with zero attached hydrogens (tertiary/aromatic N) is 8. The normalized spacial score (nSPS) is 18.1. The SMILES string of the molecule is Cc1nnc2ccc(N3CC(N(C)Cc4cnc(C5CCC5)nc4)C3)nn12. The lowest BCUT2D eigenvalue weighted by atomic mass is 9.85. The Bertz CT molecular complexity index is 940. The third-order valence-electron chi connectivity index (χ3n) is 5.84. The van der Waals surface area contributed by atoms with Crippen LogP contribution in [0, 0.1) is 6.92 Å². The van der Waals surface area contributed by atoms with Crippen molar-refractivity contribution < 1.29 is 0 Å². The lowest BCUT2D eigenvalue weighted by molar-refractivity contribution is 0.196. The highest BCUT2D eigenvalue weighted by molar-refractivity contribution is 5.47. The number of anilines is 1. The first-order chi connectivity index (χ1) is 13.2. The van der Waals surface area contributed by atoms with Gasteiger partial charge in [-0.1, -0.05) is 6.42 Å². The van der Waals surface area contributed by atoms with Crippen LogP contribution >= 0.6 is 0 Å². The second kappa shape index (κ2) is 6.53. The molecule has 0 spiro atoms. The average Bonchev–Trinajstić information content (AvgIpc) is 2.95. The molecule has 0 bridgehead atoms. The number of fused-ring (bicyclic) bond motifs is 1. The van der Waals surface area contributed by atoms with Crippen LogP contribution in [-0.4, -0.2) is 60.9 Å². The third-order valence-corrected chi connectivity index (χ3v) is 5.84. The van der Waals surface area contributed by atoms with E-state index in [9.17, 15) is 0 Å². The summed E-state index contributed by atoms with van der Waals surface area (Å²) < 4.78 is 1.80. The van der Waals surface area contributed by atoms with Crippen molar-refractivity contribution in [3.8, 4) is 0 Å². The van der Waals surface area contributed by atoms with Crippen LogP contribution in [0.15, 0.2) is 24.5 Å². The molecule has 3 aromatic rings. The van der Waals surface area contributed by atoms with E-state index in [2.05, 4.69) is 42.1 Å². The fraction of sp³-hybridized carbons (Fsp3) is 0.526. The van der Waals surface area contributed by atoms with Crippen molar-refractivity contribution in [3.05, 3.63) is 41.7 Å². The number of likely N-dealkylation sites (N-methyl/N-ethyl adjacent to an activating group) is 1. The molecule has 0 aromatic carbocycles. The van der Waals surface area contributed by atoms with Gasteiger partial charge < -0.3 is 4.90 Å². The van der Waals surface area contributed by atoms with Gasteiger partial charge in [-0.2, -0.15) is 4.52 Å². The van der Waals surface area contributed by atoms with E-state index in [1.165, 1.54) is 24.8 Å². The monoisotopic (exact) mass is 364 g/mol. The van der Waals surface area contributed by atoms with Crippen LogP contribution in [0.4, 0.5) is 5.82 Å². The van der Waals surface area contributed by atoms with E-state index in [4.69, 9.17) is 0 Å². The predicted molar refractivity (Wildman–Crippen MR) is 102 cm³/mol. The van der Waals surface area contributed by atoms with Crippen LogP contribution in [0.5, 0.6) is 0 Å². The molecule has 1 aliphatic carbocycles. The molecule has 0 radical (unpaired) electrons. The highest BCUT2D eigenvalue weighted by Gasteiger charge is 2.31. The van der Waals surface area contributed by atoms with E-state index >= 15 is 0 Å². The number of rotatable bonds is 5. The second-order valence-corrected chi connectivity index (χ2v) is 7.76. The summed E-state index contributed by atoms with van der Waals surface area (Å²) in [7, 11) is 2.17. The minimum Gasteiger partial charge on any atom is -0.352 e.